The molecule has 1 aliphatic rings. The second-order valence-corrected chi connectivity index (χ2v) is 7.65. The van der Waals surface area contributed by atoms with Gasteiger partial charge in [0.25, 0.3) is 5.91 Å². The van der Waals surface area contributed by atoms with Crippen LogP contribution < -0.4 is 10.1 Å². The molecule has 4 rings (SSSR count). The molecule has 3 aromatic rings. The van der Waals surface area contributed by atoms with Crippen molar-refractivity contribution in [1.82, 2.24) is 15.2 Å². The van der Waals surface area contributed by atoms with Crippen molar-refractivity contribution in [2.75, 3.05) is 26.7 Å². The molecule has 1 aromatic heterocycles. The van der Waals surface area contributed by atoms with E-state index in [1.165, 1.54) is 5.56 Å². The van der Waals surface area contributed by atoms with Gasteiger partial charge in [-0.25, -0.2) is 8.78 Å². The molecule has 2 amide bonds. The first-order valence-electron chi connectivity index (χ1n) is 10.1. The van der Waals surface area contributed by atoms with E-state index in [0.29, 0.717) is 25.1 Å². The van der Waals surface area contributed by atoms with Gasteiger partial charge < -0.3 is 19.9 Å². The lowest BCUT2D eigenvalue weighted by Gasteiger charge is -2.32. The molecule has 8 heteroatoms. The van der Waals surface area contributed by atoms with Crippen molar-refractivity contribution >= 4 is 22.7 Å². The Labute approximate surface area is 178 Å². The first-order valence-corrected chi connectivity index (χ1v) is 10.1. The van der Waals surface area contributed by atoms with Gasteiger partial charge >= 0.3 is 0 Å². The quantitative estimate of drug-likeness (QED) is 0.654. The van der Waals surface area contributed by atoms with Crippen LogP contribution in [0, 0.1) is 11.6 Å². The number of amides is 2. The summed E-state index contributed by atoms with van der Waals surface area (Å²) in [5.74, 6) is -1.47. The number of ether oxygens (including phenoxy) is 1. The van der Waals surface area contributed by atoms with Crippen LogP contribution in [0.15, 0.2) is 42.6 Å². The third kappa shape index (κ3) is 4.52. The maximum atomic E-state index is 13.3. The molecule has 2 aromatic carbocycles. The smallest absolute Gasteiger partial charge is 0.251 e. The Hall–Kier alpha value is -3.42. The number of rotatable bonds is 5. The predicted octanol–water partition coefficient (Wildman–Crippen LogP) is 3.59. The summed E-state index contributed by atoms with van der Waals surface area (Å²) in [5, 5.41) is 3.57. The molecule has 2 heterocycles. The van der Waals surface area contributed by atoms with Crippen LogP contribution in [0.25, 0.3) is 10.9 Å². The zero-order valence-electron chi connectivity index (χ0n) is 17.1. The summed E-state index contributed by atoms with van der Waals surface area (Å²) < 4.78 is 31.9. The van der Waals surface area contributed by atoms with E-state index < -0.39 is 17.5 Å². The highest BCUT2D eigenvalue weighted by Crippen LogP contribution is 2.34. The first-order chi connectivity index (χ1) is 14.9. The molecule has 0 aliphatic carbocycles. The minimum Gasteiger partial charge on any atom is -0.497 e. The minimum atomic E-state index is -0.839. The van der Waals surface area contributed by atoms with E-state index in [4.69, 9.17) is 4.74 Å². The molecule has 0 radical (unpaired) electrons. The molecule has 6 nitrogen and oxygen atoms in total. The molecule has 1 fully saturated rings. The molecule has 2 N–H and O–H groups in total. The number of hydrogen-bond donors (Lipinski definition) is 2. The van der Waals surface area contributed by atoms with Crippen molar-refractivity contribution in [3.63, 3.8) is 0 Å². The molecular formula is C23H23F2N3O3. The topological polar surface area (TPSA) is 74.4 Å². The van der Waals surface area contributed by atoms with Gasteiger partial charge in [-0.05, 0) is 54.7 Å². The first kappa shape index (κ1) is 20.8. The summed E-state index contributed by atoms with van der Waals surface area (Å²) in [6.07, 6.45) is 3.63. The van der Waals surface area contributed by atoms with Crippen molar-refractivity contribution < 1.29 is 23.1 Å². The highest BCUT2D eigenvalue weighted by molar-refractivity contribution is 5.96. The standard InChI is InChI=1S/C23H23F2N3O3/c1-31-18-2-3-21-19(11-18)20(12-26-21)14-4-6-28(7-5-14)22(29)13-27-23(30)15-8-16(24)10-17(25)9-15/h2-3,8-12,14,26H,4-7,13H2,1H3,(H,27,30). The second-order valence-electron chi connectivity index (χ2n) is 7.65. The Morgan fingerprint density at radius 2 is 1.84 bits per heavy atom. The number of aromatic nitrogens is 1. The highest BCUT2D eigenvalue weighted by atomic mass is 19.1. The van der Waals surface area contributed by atoms with E-state index in [2.05, 4.69) is 10.3 Å². The molecule has 31 heavy (non-hydrogen) atoms. The average Bonchev–Trinajstić information content (AvgIpc) is 3.19. The summed E-state index contributed by atoms with van der Waals surface area (Å²) in [6.45, 7) is 0.932. The van der Waals surface area contributed by atoms with E-state index >= 15 is 0 Å². The molecule has 0 spiro atoms. The fourth-order valence-electron chi connectivity index (χ4n) is 4.08. The van der Waals surface area contributed by atoms with Crippen LogP contribution in [-0.2, 0) is 4.79 Å². The number of halogens is 2. The molecule has 0 unspecified atom stereocenters. The Morgan fingerprint density at radius 3 is 2.52 bits per heavy atom. The number of nitrogens with one attached hydrogen (secondary N) is 2. The second kappa shape index (κ2) is 8.75. The third-order valence-electron chi connectivity index (χ3n) is 5.73. The number of benzene rings is 2. The maximum absolute atomic E-state index is 13.3. The van der Waals surface area contributed by atoms with Gasteiger partial charge in [-0.15, -0.1) is 0 Å². The third-order valence-corrected chi connectivity index (χ3v) is 5.73. The minimum absolute atomic E-state index is 0.154. The highest BCUT2D eigenvalue weighted by Gasteiger charge is 2.26. The molecular weight excluding hydrogens is 404 g/mol. The SMILES string of the molecule is COc1ccc2[nH]cc(C3CCN(C(=O)CNC(=O)c4cc(F)cc(F)c4)CC3)c2c1. The average molecular weight is 427 g/mol. The lowest BCUT2D eigenvalue weighted by atomic mass is 9.89. The predicted molar refractivity (Wildman–Crippen MR) is 112 cm³/mol. The van der Waals surface area contributed by atoms with Gasteiger partial charge in [-0.1, -0.05) is 0 Å². The molecule has 0 bridgehead atoms. The lowest BCUT2D eigenvalue weighted by molar-refractivity contribution is -0.131. The van der Waals surface area contributed by atoms with E-state index in [1.807, 2.05) is 24.4 Å². The normalized spacial score (nSPS) is 14.6. The number of piperidine rings is 1. The molecule has 1 aliphatic heterocycles. The van der Waals surface area contributed by atoms with Crippen molar-refractivity contribution in [1.29, 1.82) is 0 Å². The zero-order chi connectivity index (χ0) is 22.0. The summed E-state index contributed by atoms with van der Waals surface area (Å²) in [7, 11) is 1.64. The Morgan fingerprint density at radius 1 is 1.13 bits per heavy atom. The van der Waals surface area contributed by atoms with Gasteiger partial charge in [0.15, 0.2) is 0 Å². The van der Waals surface area contributed by atoms with Crippen LogP contribution >= 0.6 is 0 Å². The summed E-state index contributed by atoms with van der Waals surface area (Å²) in [5.41, 5.74) is 2.10. The number of carbonyl (C=O) groups excluding carboxylic acids is 2. The molecule has 0 saturated carbocycles. The van der Waals surface area contributed by atoms with E-state index in [-0.39, 0.29) is 18.0 Å². The maximum Gasteiger partial charge on any atom is 0.251 e. The van der Waals surface area contributed by atoms with E-state index in [1.54, 1.807) is 12.0 Å². The van der Waals surface area contributed by atoms with Gasteiger partial charge in [-0.2, -0.15) is 0 Å². The summed E-state index contributed by atoms with van der Waals surface area (Å²) in [4.78, 5) is 29.6. The van der Waals surface area contributed by atoms with Crippen molar-refractivity contribution in [2.24, 2.45) is 0 Å². The monoisotopic (exact) mass is 427 g/mol. The van der Waals surface area contributed by atoms with Gasteiger partial charge in [0.2, 0.25) is 5.91 Å². The van der Waals surface area contributed by atoms with E-state index in [9.17, 15) is 18.4 Å². The van der Waals surface area contributed by atoms with Gasteiger partial charge in [0.1, 0.15) is 17.4 Å². The fourth-order valence-corrected chi connectivity index (χ4v) is 4.08. The van der Waals surface area contributed by atoms with E-state index in [0.717, 1.165) is 41.6 Å². The van der Waals surface area contributed by atoms with Gasteiger partial charge in [0, 0.05) is 41.8 Å². The molecule has 0 atom stereocenters. The van der Waals surface area contributed by atoms with Gasteiger partial charge in [-0.3, -0.25) is 9.59 Å². The Balaban J connectivity index is 1.33. The van der Waals surface area contributed by atoms with Crippen LogP contribution in [0.4, 0.5) is 8.78 Å². The number of hydrogen-bond acceptors (Lipinski definition) is 3. The number of likely N-dealkylation sites (tertiary alicyclic amines) is 1. The van der Waals surface area contributed by atoms with Crippen LogP contribution in [0.2, 0.25) is 0 Å². The zero-order valence-corrected chi connectivity index (χ0v) is 17.1. The van der Waals surface area contributed by atoms with Crippen LogP contribution in [0.1, 0.15) is 34.7 Å². The summed E-state index contributed by atoms with van der Waals surface area (Å²) in [6, 6.07) is 8.48. The number of carbonyl (C=O) groups is 2. The number of aromatic amines is 1. The summed E-state index contributed by atoms with van der Waals surface area (Å²) >= 11 is 0. The number of H-pyrrole nitrogens is 1. The number of nitrogens with zero attached hydrogens (tertiary/aromatic N) is 1. The van der Waals surface area contributed by atoms with Crippen LogP contribution in [0.5, 0.6) is 5.75 Å². The van der Waals surface area contributed by atoms with Crippen LogP contribution in [-0.4, -0.2) is 48.4 Å². The van der Waals surface area contributed by atoms with Crippen molar-refractivity contribution in [3.8, 4) is 5.75 Å². The van der Waals surface area contributed by atoms with Gasteiger partial charge in [0.05, 0.1) is 13.7 Å². The molecule has 162 valence electrons. The number of fused-ring (bicyclic) bond motifs is 1. The van der Waals surface area contributed by atoms with Crippen molar-refractivity contribution in [3.05, 3.63) is 65.4 Å². The Kier molecular flexibility index (Phi) is 5.88. The molecule has 1 saturated heterocycles. The van der Waals surface area contributed by atoms with Crippen LogP contribution in [0.3, 0.4) is 0 Å². The fraction of sp³-hybridized carbons (Fsp3) is 0.304. The Bertz CT molecular complexity index is 1100. The largest absolute Gasteiger partial charge is 0.497 e. The lowest BCUT2D eigenvalue weighted by Crippen LogP contribution is -2.43. The van der Waals surface area contributed by atoms with Crippen molar-refractivity contribution in [2.45, 2.75) is 18.8 Å². The number of methoxy groups -OCH3 is 1.